The van der Waals surface area contributed by atoms with Gasteiger partial charge in [-0.3, -0.25) is 4.68 Å². The Balaban J connectivity index is 2.03. The number of hydrogen-bond donors (Lipinski definition) is 1. The zero-order chi connectivity index (χ0) is 8.23. The Morgan fingerprint density at radius 2 is 2.58 bits per heavy atom. The van der Waals surface area contributed by atoms with E-state index in [2.05, 4.69) is 28.6 Å². The van der Waals surface area contributed by atoms with E-state index in [0.717, 1.165) is 13.1 Å². The molecule has 3 heteroatoms. The standard InChI is InChI=1S/C9H11N3/c1-2-5-10-9(4-1)8-12-7-3-6-11-12/h1-4,6-7,10H,5,8H2. The summed E-state index contributed by atoms with van der Waals surface area (Å²) in [5.74, 6) is 0. The molecule has 0 radical (unpaired) electrons. The van der Waals surface area contributed by atoms with E-state index in [1.807, 2.05) is 16.9 Å². The molecule has 0 fully saturated rings. The summed E-state index contributed by atoms with van der Waals surface area (Å²) < 4.78 is 1.90. The van der Waals surface area contributed by atoms with Crippen LogP contribution < -0.4 is 5.32 Å². The molecule has 0 saturated heterocycles. The van der Waals surface area contributed by atoms with Gasteiger partial charge in [-0.1, -0.05) is 12.2 Å². The summed E-state index contributed by atoms with van der Waals surface area (Å²) in [6, 6.07) is 1.93. The first-order valence-corrected chi connectivity index (χ1v) is 4.02. The lowest BCUT2D eigenvalue weighted by Gasteiger charge is -2.11. The van der Waals surface area contributed by atoms with Gasteiger partial charge in [0.2, 0.25) is 0 Å². The van der Waals surface area contributed by atoms with Crippen LogP contribution in [0, 0.1) is 0 Å². The third kappa shape index (κ3) is 1.56. The van der Waals surface area contributed by atoms with Crippen molar-refractivity contribution in [2.45, 2.75) is 6.54 Å². The van der Waals surface area contributed by atoms with E-state index in [1.165, 1.54) is 5.70 Å². The van der Waals surface area contributed by atoms with E-state index in [4.69, 9.17) is 0 Å². The van der Waals surface area contributed by atoms with Gasteiger partial charge in [-0.25, -0.2) is 0 Å². The molecule has 1 N–H and O–H groups in total. The minimum atomic E-state index is 0.831. The van der Waals surface area contributed by atoms with Gasteiger partial charge in [0, 0.05) is 24.6 Å². The van der Waals surface area contributed by atoms with Crippen LogP contribution in [0.3, 0.4) is 0 Å². The van der Waals surface area contributed by atoms with Crippen molar-refractivity contribution < 1.29 is 0 Å². The normalized spacial score (nSPS) is 15.5. The maximum Gasteiger partial charge on any atom is 0.0805 e. The molecule has 1 aromatic heterocycles. The molecular formula is C9H11N3. The predicted octanol–water partition coefficient (Wildman–Crippen LogP) is 0.926. The lowest BCUT2D eigenvalue weighted by atomic mass is 10.3. The van der Waals surface area contributed by atoms with Crippen LogP contribution in [0.25, 0.3) is 0 Å². The van der Waals surface area contributed by atoms with Crippen molar-refractivity contribution in [3.63, 3.8) is 0 Å². The molecule has 2 rings (SSSR count). The van der Waals surface area contributed by atoms with Gasteiger partial charge in [-0.2, -0.15) is 5.10 Å². The average molecular weight is 161 g/mol. The van der Waals surface area contributed by atoms with Crippen LogP contribution in [0.2, 0.25) is 0 Å². The first-order valence-electron chi connectivity index (χ1n) is 4.02. The van der Waals surface area contributed by atoms with Gasteiger partial charge < -0.3 is 5.32 Å². The molecule has 0 aromatic carbocycles. The lowest BCUT2D eigenvalue weighted by Crippen LogP contribution is -2.19. The number of allylic oxidation sites excluding steroid dienone is 3. The molecule has 3 nitrogen and oxygen atoms in total. The molecule has 62 valence electrons. The molecule has 0 aliphatic carbocycles. The molecule has 1 aliphatic heterocycles. The minimum absolute atomic E-state index is 0.831. The fourth-order valence-electron chi connectivity index (χ4n) is 1.18. The summed E-state index contributed by atoms with van der Waals surface area (Å²) in [6.07, 6.45) is 9.98. The van der Waals surface area contributed by atoms with Crippen LogP contribution in [-0.2, 0) is 6.54 Å². The highest BCUT2D eigenvalue weighted by Crippen LogP contribution is 1.99. The third-order valence-corrected chi connectivity index (χ3v) is 1.77. The Hall–Kier alpha value is -1.51. The van der Waals surface area contributed by atoms with Crippen molar-refractivity contribution in [2.24, 2.45) is 0 Å². The second kappa shape index (κ2) is 3.26. The number of hydrogen-bond acceptors (Lipinski definition) is 2. The van der Waals surface area contributed by atoms with E-state index in [0.29, 0.717) is 0 Å². The van der Waals surface area contributed by atoms with Gasteiger partial charge in [-0.15, -0.1) is 0 Å². The van der Waals surface area contributed by atoms with Crippen LogP contribution >= 0.6 is 0 Å². The number of nitrogens with zero attached hydrogens (tertiary/aromatic N) is 2. The third-order valence-electron chi connectivity index (χ3n) is 1.77. The minimum Gasteiger partial charge on any atom is -0.383 e. The summed E-state index contributed by atoms with van der Waals surface area (Å²) in [5, 5.41) is 7.39. The van der Waals surface area contributed by atoms with Crippen LogP contribution in [-0.4, -0.2) is 16.3 Å². The van der Waals surface area contributed by atoms with Crippen molar-refractivity contribution in [3.8, 4) is 0 Å². The topological polar surface area (TPSA) is 29.9 Å². The molecule has 0 bridgehead atoms. The zero-order valence-corrected chi connectivity index (χ0v) is 6.77. The van der Waals surface area contributed by atoms with Gasteiger partial charge in [0.05, 0.1) is 6.54 Å². The van der Waals surface area contributed by atoms with Gasteiger partial charge >= 0.3 is 0 Å². The molecule has 0 amide bonds. The Labute approximate surface area is 71.4 Å². The molecule has 0 unspecified atom stereocenters. The van der Waals surface area contributed by atoms with Crippen LogP contribution in [0.15, 0.2) is 42.4 Å². The average Bonchev–Trinajstić information content (AvgIpc) is 2.59. The maximum absolute atomic E-state index is 4.12. The number of aromatic nitrogens is 2. The summed E-state index contributed by atoms with van der Waals surface area (Å²) in [7, 11) is 0. The van der Waals surface area contributed by atoms with Crippen LogP contribution in [0.5, 0.6) is 0 Å². The molecule has 12 heavy (non-hydrogen) atoms. The first-order chi connectivity index (χ1) is 5.95. The van der Waals surface area contributed by atoms with Gasteiger partial charge in [-0.05, 0) is 12.1 Å². The van der Waals surface area contributed by atoms with Gasteiger partial charge in [0.1, 0.15) is 0 Å². The SMILES string of the molecule is C1=CCNC(Cn2cccn2)=C1. The van der Waals surface area contributed by atoms with Gasteiger partial charge in [0.25, 0.3) is 0 Å². The van der Waals surface area contributed by atoms with E-state index >= 15 is 0 Å². The molecule has 1 aromatic rings. The number of rotatable bonds is 2. The molecule has 1 aliphatic rings. The summed E-state index contributed by atoms with van der Waals surface area (Å²) in [5.41, 5.74) is 1.21. The summed E-state index contributed by atoms with van der Waals surface area (Å²) in [6.45, 7) is 1.75. The van der Waals surface area contributed by atoms with Crippen LogP contribution in [0.1, 0.15) is 0 Å². The molecule has 0 saturated carbocycles. The lowest BCUT2D eigenvalue weighted by molar-refractivity contribution is 0.637. The highest BCUT2D eigenvalue weighted by atomic mass is 15.3. The van der Waals surface area contributed by atoms with E-state index in [1.54, 1.807) is 6.20 Å². The Bertz CT molecular complexity index is 296. The second-order valence-corrected chi connectivity index (χ2v) is 2.70. The van der Waals surface area contributed by atoms with Crippen molar-refractivity contribution in [1.29, 1.82) is 0 Å². The zero-order valence-electron chi connectivity index (χ0n) is 6.77. The fraction of sp³-hybridized carbons (Fsp3) is 0.222. The highest BCUT2D eigenvalue weighted by Gasteiger charge is 1.98. The van der Waals surface area contributed by atoms with Crippen molar-refractivity contribution in [3.05, 3.63) is 42.4 Å². The number of dihydropyridines is 1. The smallest absolute Gasteiger partial charge is 0.0805 e. The second-order valence-electron chi connectivity index (χ2n) is 2.70. The quantitative estimate of drug-likeness (QED) is 0.699. The van der Waals surface area contributed by atoms with Crippen LogP contribution in [0.4, 0.5) is 0 Å². The van der Waals surface area contributed by atoms with Gasteiger partial charge in [0.15, 0.2) is 0 Å². The van der Waals surface area contributed by atoms with E-state index in [-0.39, 0.29) is 0 Å². The Morgan fingerprint density at radius 3 is 3.25 bits per heavy atom. The number of nitrogens with one attached hydrogen (secondary N) is 1. The summed E-state index contributed by atoms with van der Waals surface area (Å²) in [4.78, 5) is 0. The van der Waals surface area contributed by atoms with Crippen molar-refractivity contribution in [2.75, 3.05) is 6.54 Å². The Morgan fingerprint density at radius 1 is 1.58 bits per heavy atom. The van der Waals surface area contributed by atoms with E-state index < -0.39 is 0 Å². The molecule has 0 atom stereocenters. The fourth-order valence-corrected chi connectivity index (χ4v) is 1.18. The molecule has 2 heterocycles. The Kier molecular flexibility index (Phi) is 1.94. The largest absolute Gasteiger partial charge is 0.383 e. The summed E-state index contributed by atoms with van der Waals surface area (Å²) >= 11 is 0. The predicted molar refractivity (Wildman–Crippen MR) is 47.5 cm³/mol. The monoisotopic (exact) mass is 161 g/mol. The molecular weight excluding hydrogens is 150 g/mol. The van der Waals surface area contributed by atoms with Crippen molar-refractivity contribution in [1.82, 2.24) is 15.1 Å². The molecule has 0 spiro atoms. The highest BCUT2D eigenvalue weighted by molar-refractivity contribution is 5.16. The first kappa shape index (κ1) is 7.16. The van der Waals surface area contributed by atoms with Crippen molar-refractivity contribution >= 4 is 0 Å². The van der Waals surface area contributed by atoms with E-state index in [9.17, 15) is 0 Å². The maximum atomic E-state index is 4.12.